The van der Waals surface area contributed by atoms with E-state index in [1.54, 1.807) is 13.0 Å². The monoisotopic (exact) mass is 165 g/mol. The molecule has 0 aliphatic carbocycles. The van der Waals surface area contributed by atoms with Crippen molar-refractivity contribution < 1.29 is 4.79 Å². The Balaban J connectivity index is 3.68. The molecule has 1 atom stereocenters. The Labute approximate surface area is 73.8 Å². The summed E-state index contributed by atoms with van der Waals surface area (Å²) in [6.45, 7) is 5.28. The van der Waals surface area contributed by atoms with E-state index in [0.29, 0.717) is 19.3 Å². The highest BCUT2D eigenvalue weighted by molar-refractivity contribution is 5.84. The van der Waals surface area contributed by atoms with Crippen molar-refractivity contribution >= 4 is 5.78 Å². The molecule has 0 bridgehead atoms. The minimum absolute atomic E-state index is 0.0673. The van der Waals surface area contributed by atoms with E-state index in [1.165, 1.54) is 0 Å². The molecule has 0 radical (unpaired) electrons. The first-order chi connectivity index (χ1) is 5.72. The van der Waals surface area contributed by atoms with Crippen LogP contribution in [0.4, 0.5) is 0 Å². The zero-order valence-corrected chi connectivity index (χ0v) is 7.47. The molecule has 0 saturated carbocycles. The number of Topliss-reactive ketones (excluding diaryl/α,β-unsaturated/α-hetero) is 1. The third-order valence-corrected chi connectivity index (χ3v) is 1.51. The molecule has 0 fully saturated rings. The molecule has 2 nitrogen and oxygen atoms in total. The van der Waals surface area contributed by atoms with E-state index in [-0.39, 0.29) is 11.8 Å². The summed E-state index contributed by atoms with van der Waals surface area (Å²) in [7, 11) is 0. The molecular formula is C10H15NO. The summed E-state index contributed by atoms with van der Waals surface area (Å²) < 4.78 is 0. The van der Waals surface area contributed by atoms with Crippen LogP contribution in [-0.4, -0.2) is 11.8 Å². The average molecular weight is 165 g/mol. The largest absolute Gasteiger partial charge is 0.321 e. The SMILES string of the molecule is C=CCC(N)C(=O)CCC#CC. The number of nitrogens with two attached hydrogens (primary N) is 1. The van der Waals surface area contributed by atoms with Gasteiger partial charge >= 0.3 is 0 Å². The number of carbonyl (C=O) groups excluding carboxylic acids is 1. The van der Waals surface area contributed by atoms with Crippen molar-refractivity contribution in [1.29, 1.82) is 0 Å². The van der Waals surface area contributed by atoms with Crippen molar-refractivity contribution in [2.45, 2.75) is 32.2 Å². The zero-order valence-electron chi connectivity index (χ0n) is 7.47. The molecule has 0 saturated heterocycles. The number of hydrogen-bond acceptors (Lipinski definition) is 2. The van der Waals surface area contributed by atoms with Crippen molar-refractivity contribution in [3.63, 3.8) is 0 Å². The van der Waals surface area contributed by atoms with Crippen LogP contribution in [0.25, 0.3) is 0 Å². The van der Waals surface area contributed by atoms with Crippen LogP contribution in [0.1, 0.15) is 26.2 Å². The van der Waals surface area contributed by atoms with Gasteiger partial charge in [-0.3, -0.25) is 4.79 Å². The molecule has 66 valence electrons. The van der Waals surface area contributed by atoms with Gasteiger partial charge in [-0.2, -0.15) is 0 Å². The van der Waals surface area contributed by atoms with E-state index in [1.807, 2.05) is 0 Å². The standard InChI is InChI=1S/C10H15NO/c1-3-5-6-8-10(12)9(11)7-4-2/h4,9H,2,6-8,11H2,1H3. The summed E-state index contributed by atoms with van der Waals surface area (Å²) in [6, 6.07) is -0.388. The minimum atomic E-state index is -0.388. The first-order valence-electron chi connectivity index (χ1n) is 4.01. The van der Waals surface area contributed by atoms with Gasteiger partial charge in [-0.15, -0.1) is 18.4 Å². The fourth-order valence-electron chi connectivity index (χ4n) is 0.807. The van der Waals surface area contributed by atoms with Crippen LogP contribution >= 0.6 is 0 Å². The Bertz CT molecular complexity index is 210. The van der Waals surface area contributed by atoms with Gasteiger partial charge in [-0.25, -0.2) is 0 Å². The molecule has 0 spiro atoms. The summed E-state index contributed by atoms with van der Waals surface area (Å²) in [4.78, 5) is 11.2. The molecule has 1 unspecified atom stereocenters. The first kappa shape index (κ1) is 10.9. The highest BCUT2D eigenvalue weighted by Crippen LogP contribution is 1.97. The van der Waals surface area contributed by atoms with Crippen LogP contribution in [0.2, 0.25) is 0 Å². The van der Waals surface area contributed by atoms with E-state index < -0.39 is 0 Å². The highest BCUT2D eigenvalue weighted by atomic mass is 16.1. The van der Waals surface area contributed by atoms with Crippen LogP contribution in [0, 0.1) is 11.8 Å². The van der Waals surface area contributed by atoms with Gasteiger partial charge in [0.25, 0.3) is 0 Å². The third kappa shape index (κ3) is 4.70. The number of carbonyl (C=O) groups is 1. The van der Waals surface area contributed by atoms with Gasteiger partial charge in [-0.05, 0) is 13.3 Å². The van der Waals surface area contributed by atoms with Gasteiger partial charge in [0.15, 0.2) is 5.78 Å². The van der Waals surface area contributed by atoms with Gasteiger partial charge in [0, 0.05) is 12.8 Å². The molecule has 2 N–H and O–H groups in total. The minimum Gasteiger partial charge on any atom is -0.321 e. The van der Waals surface area contributed by atoms with Crippen LogP contribution in [0.15, 0.2) is 12.7 Å². The van der Waals surface area contributed by atoms with Gasteiger partial charge in [-0.1, -0.05) is 6.08 Å². The average Bonchev–Trinajstić information content (AvgIpc) is 2.05. The van der Waals surface area contributed by atoms with Crippen molar-refractivity contribution in [2.75, 3.05) is 0 Å². The maximum Gasteiger partial charge on any atom is 0.150 e. The summed E-state index contributed by atoms with van der Waals surface area (Å²) in [5.74, 6) is 5.62. The highest BCUT2D eigenvalue weighted by Gasteiger charge is 2.09. The first-order valence-corrected chi connectivity index (χ1v) is 4.01. The van der Waals surface area contributed by atoms with Crippen LogP contribution in [0.5, 0.6) is 0 Å². The van der Waals surface area contributed by atoms with Crippen molar-refractivity contribution in [3.8, 4) is 11.8 Å². The Morgan fingerprint density at radius 2 is 2.42 bits per heavy atom. The van der Waals surface area contributed by atoms with Crippen molar-refractivity contribution in [1.82, 2.24) is 0 Å². The van der Waals surface area contributed by atoms with Gasteiger partial charge in [0.2, 0.25) is 0 Å². The molecule has 0 amide bonds. The fraction of sp³-hybridized carbons (Fsp3) is 0.500. The summed E-state index contributed by atoms with van der Waals surface area (Å²) in [6.07, 6.45) is 3.28. The maximum absolute atomic E-state index is 11.2. The molecule has 0 aliphatic heterocycles. The molecule has 0 rings (SSSR count). The van der Waals surface area contributed by atoms with Crippen LogP contribution in [0.3, 0.4) is 0 Å². The van der Waals surface area contributed by atoms with E-state index in [4.69, 9.17) is 5.73 Å². The second-order valence-corrected chi connectivity index (χ2v) is 2.52. The van der Waals surface area contributed by atoms with Crippen molar-refractivity contribution in [3.05, 3.63) is 12.7 Å². The molecule has 0 aromatic rings. The Hall–Kier alpha value is -1.07. The number of hydrogen-bond donors (Lipinski definition) is 1. The van der Waals surface area contributed by atoms with Gasteiger partial charge in [0.05, 0.1) is 6.04 Å². The lowest BCUT2D eigenvalue weighted by Gasteiger charge is -2.04. The lowest BCUT2D eigenvalue weighted by atomic mass is 10.1. The van der Waals surface area contributed by atoms with Gasteiger partial charge in [0.1, 0.15) is 0 Å². The molecule has 12 heavy (non-hydrogen) atoms. The molecular weight excluding hydrogens is 150 g/mol. The van der Waals surface area contributed by atoms with Crippen LogP contribution < -0.4 is 5.73 Å². The van der Waals surface area contributed by atoms with E-state index in [9.17, 15) is 4.79 Å². The second-order valence-electron chi connectivity index (χ2n) is 2.52. The van der Waals surface area contributed by atoms with E-state index in [0.717, 1.165) is 0 Å². The quantitative estimate of drug-likeness (QED) is 0.492. The number of ketones is 1. The lowest BCUT2D eigenvalue weighted by molar-refractivity contribution is -0.120. The van der Waals surface area contributed by atoms with E-state index in [2.05, 4.69) is 18.4 Å². The third-order valence-electron chi connectivity index (χ3n) is 1.51. The topological polar surface area (TPSA) is 43.1 Å². The molecule has 2 heteroatoms. The van der Waals surface area contributed by atoms with Gasteiger partial charge < -0.3 is 5.73 Å². The Kier molecular flexibility index (Phi) is 6.04. The second kappa shape index (κ2) is 6.63. The molecule has 0 aromatic heterocycles. The fourth-order valence-corrected chi connectivity index (χ4v) is 0.807. The Morgan fingerprint density at radius 3 is 2.92 bits per heavy atom. The summed E-state index contributed by atoms with van der Waals surface area (Å²) in [5, 5.41) is 0. The summed E-state index contributed by atoms with van der Waals surface area (Å²) >= 11 is 0. The zero-order chi connectivity index (χ0) is 9.40. The van der Waals surface area contributed by atoms with Crippen LogP contribution in [-0.2, 0) is 4.79 Å². The lowest BCUT2D eigenvalue weighted by Crippen LogP contribution is -2.29. The summed E-state index contributed by atoms with van der Waals surface area (Å²) in [5.41, 5.74) is 5.54. The van der Waals surface area contributed by atoms with Crippen molar-refractivity contribution in [2.24, 2.45) is 5.73 Å². The maximum atomic E-state index is 11.2. The normalized spacial score (nSPS) is 11.2. The Morgan fingerprint density at radius 1 is 1.75 bits per heavy atom. The molecule has 0 aromatic carbocycles. The molecule has 0 heterocycles. The van der Waals surface area contributed by atoms with E-state index >= 15 is 0 Å². The smallest absolute Gasteiger partial charge is 0.150 e. The number of rotatable bonds is 5. The predicted octanol–water partition coefficient (Wildman–Crippen LogP) is 1.26. The predicted molar refractivity (Wildman–Crippen MR) is 50.5 cm³/mol. The molecule has 0 aliphatic rings.